The number of hydrogen-bond acceptors (Lipinski definition) is 7. The van der Waals surface area contributed by atoms with Crippen molar-refractivity contribution in [3.8, 4) is 0 Å². The minimum Gasteiger partial charge on any atom is -0.457 e. The lowest BCUT2D eigenvalue weighted by atomic mass is 10.2. The van der Waals surface area contributed by atoms with E-state index in [1.54, 1.807) is 20.8 Å². The normalized spacial score (nSPS) is 18.9. The van der Waals surface area contributed by atoms with Gasteiger partial charge in [0.1, 0.15) is 6.10 Å². The molecule has 0 saturated carbocycles. The highest BCUT2D eigenvalue weighted by Crippen LogP contribution is 2.09. The molecular weight excluding hydrogens is 268 g/mol. The number of aliphatic hydroxyl groups excluding tert-OH is 3. The second-order valence-corrected chi connectivity index (χ2v) is 4.61. The number of hydrogen-bond donors (Lipinski definition) is 3. The number of carbonyl (C=O) groups is 1. The molecule has 2 unspecified atom stereocenters. The Bertz CT molecular complexity index is 269. The van der Waals surface area contributed by atoms with Crippen molar-refractivity contribution in [3.05, 3.63) is 0 Å². The summed E-state index contributed by atoms with van der Waals surface area (Å²) in [6, 6.07) is 0. The first-order chi connectivity index (χ1) is 9.31. The molecule has 120 valence electrons. The van der Waals surface area contributed by atoms with E-state index in [0.717, 1.165) is 0 Å². The van der Waals surface area contributed by atoms with Crippen LogP contribution in [0.5, 0.6) is 0 Å². The summed E-state index contributed by atoms with van der Waals surface area (Å²) in [6.45, 7) is 5.94. The van der Waals surface area contributed by atoms with E-state index in [1.165, 1.54) is 6.92 Å². The molecule has 7 nitrogen and oxygen atoms in total. The van der Waals surface area contributed by atoms with Crippen LogP contribution in [-0.2, 0) is 19.0 Å². The Labute approximate surface area is 119 Å². The number of ether oxygens (including phenoxy) is 3. The van der Waals surface area contributed by atoms with Gasteiger partial charge in [-0.25, -0.2) is 0 Å². The summed E-state index contributed by atoms with van der Waals surface area (Å²) in [5.41, 5.74) is 0. The number of aliphatic hydroxyl groups is 3. The van der Waals surface area contributed by atoms with E-state index in [4.69, 9.17) is 19.3 Å². The van der Waals surface area contributed by atoms with Crippen molar-refractivity contribution >= 4 is 5.97 Å². The largest absolute Gasteiger partial charge is 0.457 e. The van der Waals surface area contributed by atoms with Gasteiger partial charge < -0.3 is 29.5 Å². The molecule has 0 aromatic heterocycles. The van der Waals surface area contributed by atoms with Gasteiger partial charge in [0.2, 0.25) is 0 Å². The third kappa shape index (κ3) is 7.76. The second-order valence-electron chi connectivity index (χ2n) is 4.61. The summed E-state index contributed by atoms with van der Waals surface area (Å²) in [4.78, 5) is 11.2. The summed E-state index contributed by atoms with van der Waals surface area (Å²) >= 11 is 0. The standard InChI is InChI=1S/C13H26O7/c1-5-13(17)20-12(6-14)9(3)19-10(4)18-7-11(16)8(2)15/h8-12,14-16H,5-7H2,1-4H3/t8?,9?,10-,11+,12+/m1/s1. The average molecular weight is 294 g/mol. The van der Waals surface area contributed by atoms with Crippen molar-refractivity contribution in [3.63, 3.8) is 0 Å². The smallest absolute Gasteiger partial charge is 0.305 e. The molecule has 0 radical (unpaired) electrons. The molecule has 0 rings (SSSR count). The average Bonchev–Trinajstić information content (AvgIpc) is 2.41. The van der Waals surface area contributed by atoms with Crippen molar-refractivity contribution < 1.29 is 34.3 Å². The Hall–Kier alpha value is -0.730. The Morgan fingerprint density at radius 3 is 2.25 bits per heavy atom. The second kappa shape index (κ2) is 10.1. The van der Waals surface area contributed by atoms with Gasteiger partial charge in [0.05, 0.1) is 25.4 Å². The minimum atomic E-state index is -0.997. The maximum Gasteiger partial charge on any atom is 0.305 e. The highest BCUT2D eigenvalue weighted by atomic mass is 16.7. The molecule has 0 saturated heterocycles. The lowest BCUT2D eigenvalue weighted by Gasteiger charge is -2.26. The van der Waals surface area contributed by atoms with Crippen molar-refractivity contribution in [2.45, 2.75) is 64.8 Å². The molecule has 0 heterocycles. The first-order valence-corrected chi connectivity index (χ1v) is 6.75. The molecule has 0 amide bonds. The fraction of sp³-hybridized carbons (Fsp3) is 0.923. The number of carbonyl (C=O) groups excluding carboxylic acids is 1. The van der Waals surface area contributed by atoms with Crippen molar-refractivity contribution in [2.75, 3.05) is 13.2 Å². The van der Waals surface area contributed by atoms with Gasteiger partial charge in [-0.1, -0.05) is 6.92 Å². The predicted octanol–water partition coefficient (Wildman–Crippen LogP) is -0.190. The van der Waals surface area contributed by atoms with E-state index >= 15 is 0 Å². The van der Waals surface area contributed by atoms with Crippen LogP contribution >= 0.6 is 0 Å². The quantitative estimate of drug-likeness (QED) is 0.379. The first kappa shape index (κ1) is 19.3. The van der Waals surface area contributed by atoms with Gasteiger partial charge in [-0.2, -0.15) is 0 Å². The summed E-state index contributed by atoms with van der Waals surface area (Å²) in [6.07, 6.45) is -3.68. The molecule has 3 N–H and O–H groups in total. The zero-order chi connectivity index (χ0) is 15.7. The molecule has 0 fully saturated rings. The Kier molecular flexibility index (Phi) is 9.70. The summed E-state index contributed by atoms with van der Waals surface area (Å²) in [5, 5.41) is 27.7. The van der Waals surface area contributed by atoms with Gasteiger partial charge in [0.15, 0.2) is 12.4 Å². The number of rotatable bonds is 10. The van der Waals surface area contributed by atoms with Gasteiger partial charge >= 0.3 is 5.97 Å². The third-order valence-corrected chi connectivity index (χ3v) is 2.74. The maximum absolute atomic E-state index is 11.2. The molecule has 0 aliphatic carbocycles. The summed E-state index contributed by atoms with van der Waals surface area (Å²) < 4.78 is 15.7. The fourth-order valence-electron chi connectivity index (χ4n) is 1.34. The zero-order valence-electron chi connectivity index (χ0n) is 12.5. The summed E-state index contributed by atoms with van der Waals surface area (Å²) in [7, 11) is 0. The third-order valence-electron chi connectivity index (χ3n) is 2.74. The molecule has 20 heavy (non-hydrogen) atoms. The van der Waals surface area contributed by atoms with E-state index in [9.17, 15) is 15.0 Å². The monoisotopic (exact) mass is 294 g/mol. The highest BCUT2D eigenvalue weighted by molar-refractivity contribution is 5.69. The van der Waals surface area contributed by atoms with Gasteiger partial charge in [-0.3, -0.25) is 4.79 Å². The first-order valence-electron chi connectivity index (χ1n) is 6.75. The van der Waals surface area contributed by atoms with Crippen LogP contribution in [0.1, 0.15) is 34.1 Å². The molecule has 5 atom stereocenters. The molecule has 0 aliphatic heterocycles. The van der Waals surface area contributed by atoms with Crippen LogP contribution in [-0.4, -0.2) is 65.2 Å². The molecule has 0 spiro atoms. The van der Waals surface area contributed by atoms with Gasteiger partial charge in [-0.15, -0.1) is 0 Å². The van der Waals surface area contributed by atoms with Gasteiger partial charge in [0, 0.05) is 6.42 Å². The topological polar surface area (TPSA) is 105 Å². The molecule has 0 aromatic carbocycles. The SMILES string of the molecule is CCC(=O)O[C@@H](CO)C(C)O[C@H](C)OC[C@H](O)C(C)O. The van der Waals surface area contributed by atoms with Crippen LogP contribution in [0, 0.1) is 0 Å². The lowest BCUT2D eigenvalue weighted by molar-refractivity contribution is -0.204. The minimum absolute atomic E-state index is 0.0793. The van der Waals surface area contributed by atoms with Crippen molar-refractivity contribution in [1.82, 2.24) is 0 Å². The van der Waals surface area contributed by atoms with E-state index in [0.29, 0.717) is 0 Å². The Morgan fingerprint density at radius 1 is 1.20 bits per heavy atom. The molecule has 0 aliphatic rings. The molecule has 7 heteroatoms. The van der Waals surface area contributed by atoms with Crippen LogP contribution < -0.4 is 0 Å². The Balaban J connectivity index is 4.14. The zero-order valence-corrected chi connectivity index (χ0v) is 12.5. The molecule has 0 bridgehead atoms. The number of esters is 1. The lowest BCUT2D eigenvalue weighted by Crippen LogP contribution is -2.38. The molecule has 0 aromatic rings. The van der Waals surface area contributed by atoms with E-state index < -0.39 is 36.7 Å². The summed E-state index contributed by atoms with van der Waals surface area (Å²) in [5.74, 6) is -0.419. The fourth-order valence-corrected chi connectivity index (χ4v) is 1.34. The molecular formula is C13H26O7. The van der Waals surface area contributed by atoms with Crippen LogP contribution in [0.25, 0.3) is 0 Å². The van der Waals surface area contributed by atoms with Gasteiger partial charge in [0.25, 0.3) is 0 Å². The van der Waals surface area contributed by atoms with E-state index in [2.05, 4.69) is 0 Å². The maximum atomic E-state index is 11.2. The van der Waals surface area contributed by atoms with Crippen molar-refractivity contribution in [1.29, 1.82) is 0 Å². The van der Waals surface area contributed by atoms with E-state index in [1.807, 2.05) is 0 Å². The van der Waals surface area contributed by atoms with Crippen LogP contribution in [0.3, 0.4) is 0 Å². The van der Waals surface area contributed by atoms with Crippen molar-refractivity contribution in [2.24, 2.45) is 0 Å². The highest BCUT2D eigenvalue weighted by Gasteiger charge is 2.23. The van der Waals surface area contributed by atoms with Crippen LogP contribution in [0.4, 0.5) is 0 Å². The predicted molar refractivity (Wildman–Crippen MR) is 70.9 cm³/mol. The Morgan fingerprint density at radius 2 is 1.80 bits per heavy atom. The van der Waals surface area contributed by atoms with Crippen LogP contribution in [0.2, 0.25) is 0 Å². The van der Waals surface area contributed by atoms with E-state index in [-0.39, 0.29) is 19.6 Å². The van der Waals surface area contributed by atoms with Crippen LogP contribution in [0.15, 0.2) is 0 Å². The van der Waals surface area contributed by atoms with Gasteiger partial charge in [-0.05, 0) is 20.8 Å².